The minimum absolute atomic E-state index is 0.0153. The summed E-state index contributed by atoms with van der Waals surface area (Å²) in [5.41, 5.74) is 24.4. The van der Waals surface area contributed by atoms with Gasteiger partial charge in [-0.1, -0.05) is 164 Å². The molecule has 278 valence electrons. The second-order valence-corrected chi connectivity index (χ2v) is 17.2. The van der Waals surface area contributed by atoms with E-state index in [9.17, 15) is 0 Å². The van der Waals surface area contributed by atoms with Gasteiger partial charge in [0.1, 0.15) is 0 Å². The minimum atomic E-state index is 0.0153. The molecule has 2 nitrogen and oxygen atoms in total. The average Bonchev–Trinajstić information content (AvgIpc) is 3.82. The lowest BCUT2D eigenvalue weighted by molar-refractivity contribution is 1.14. The molecule has 3 heteroatoms. The summed E-state index contributed by atoms with van der Waals surface area (Å²) in [5.74, 6) is 0. The Labute approximate surface area is 352 Å². The van der Waals surface area contributed by atoms with Gasteiger partial charge in [-0.05, 0) is 119 Å². The van der Waals surface area contributed by atoms with E-state index in [1.807, 2.05) is 0 Å². The maximum absolute atomic E-state index is 2.65. The van der Waals surface area contributed by atoms with Crippen LogP contribution in [0.5, 0.6) is 0 Å². The van der Waals surface area contributed by atoms with Gasteiger partial charge in [0.25, 0.3) is 6.71 Å². The standard InChI is InChI=1S/C58H33BN2/c1-4-13-34(14-5-1)38-24-27-49-45(29-38)46-30-39(35-15-6-2-7-16-35)31-48-57(46)60(49)51-32-40(36-17-8-3-9-18-36)33-52-56(51)59(48)47-26-25-44-42-21-11-10-20-41(42)43-22-12-19-37-23-28-50-55(53(37)43)54(44)58(47)61(50)52/h1-33H. The molecule has 0 fully saturated rings. The molecule has 2 aliphatic heterocycles. The topological polar surface area (TPSA) is 9.86 Å². The molecule has 10 aromatic carbocycles. The fraction of sp³-hybridized carbons (Fsp3) is 0. The molecule has 12 aromatic rings. The number of benzene rings is 10. The zero-order valence-corrected chi connectivity index (χ0v) is 33.0. The van der Waals surface area contributed by atoms with Gasteiger partial charge in [-0.3, -0.25) is 0 Å². The van der Waals surface area contributed by atoms with Gasteiger partial charge in [-0.15, -0.1) is 0 Å². The summed E-state index contributed by atoms with van der Waals surface area (Å²) in [6.07, 6.45) is 0. The molecule has 1 aliphatic carbocycles. The fourth-order valence-corrected chi connectivity index (χ4v) is 11.7. The third kappa shape index (κ3) is 4.04. The van der Waals surface area contributed by atoms with E-state index in [1.54, 1.807) is 0 Å². The lowest BCUT2D eigenvalue weighted by Gasteiger charge is -2.34. The van der Waals surface area contributed by atoms with E-state index in [2.05, 4.69) is 209 Å². The Morgan fingerprint density at radius 3 is 1.59 bits per heavy atom. The van der Waals surface area contributed by atoms with Gasteiger partial charge >= 0.3 is 0 Å². The molecule has 0 atom stereocenters. The van der Waals surface area contributed by atoms with E-state index >= 15 is 0 Å². The lowest BCUT2D eigenvalue weighted by Crippen LogP contribution is -2.59. The van der Waals surface area contributed by atoms with Crippen LogP contribution in [0.15, 0.2) is 200 Å². The number of hydrogen-bond acceptors (Lipinski definition) is 0. The van der Waals surface area contributed by atoms with E-state index < -0.39 is 0 Å². The average molecular weight is 769 g/mol. The number of nitrogens with zero attached hydrogens (tertiary/aromatic N) is 2. The van der Waals surface area contributed by atoms with Crippen molar-refractivity contribution >= 4 is 77.5 Å². The summed E-state index contributed by atoms with van der Waals surface area (Å²) >= 11 is 0. The lowest BCUT2D eigenvalue weighted by atomic mass is 9.34. The van der Waals surface area contributed by atoms with Crippen LogP contribution < -0.4 is 16.4 Å². The van der Waals surface area contributed by atoms with Crippen LogP contribution in [0, 0.1) is 0 Å². The fourth-order valence-electron chi connectivity index (χ4n) is 11.7. The molecule has 0 saturated carbocycles. The van der Waals surface area contributed by atoms with Crippen molar-refractivity contribution in [3.05, 3.63) is 200 Å². The molecule has 0 bridgehead atoms. The number of fused-ring (bicyclic) bond motifs is 11. The van der Waals surface area contributed by atoms with E-state index in [4.69, 9.17) is 0 Å². The highest BCUT2D eigenvalue weighted by atomic mass is 15.0. The number of hydrogen-bond donors (Lipinski definition) is 0. The number of rotatable bonds is 3. The molecule has 3 aliphatic rings. The molecule has 15 rings (SSSR count). The molecule has 0 spiro atoms. The zero-order chi connectivity index (χ0) is 39.5. The first kappa shape index (κ1) is 32.0. The van der Waals surface area contributed by atoms with Crippen molar-refractivity contribution in [2.24, 2.45) is 0 Å². The zero-order valence-electron chi connectivity index (χ0n) is 33.0. The summed E-state index contributed by atoms with van der Waals surface area (Å²) < 4.78 is 5.26. The van der Waals surface area contributed by atoms with E-state index in [1.165, 1.54) is 138 Å². The predicted octanol–water partition coefficient (Wildman–Crippen LogP) is 12.8. The van der Waals surface area contributed by atoms with E-state index in [0.717, 1.165) is 0 Å². The highest BCUT2D eigenvalue weighted by Crippen LogP contribution is 2.51. The first-order valence-corrected chi connectivity index (χ1v) is 21.4. The quantitative estimate of drug-likeness (QED) is 0.158. The van der Waals surface area contributed by atoms with Crippen LogP contribution in [-0.2, 0) is 0 Å². The van der Waals surface area contributed by atoms with Crippen molar-refractivity contribution in [2.45, 2.75) is 0 Å². The molecule has 2 aromatic heterocycles. The molecule has 0 saturated heterocycles. The van der Waals surface area contributed by atoms with Crippen molar-refractivity contribution in [3.63, 3.8) is 0 Å². The van der Waals surface area contributed by atoms with Crippen LogP contribution in [0.3, 0.4) is 0 Å². The Morgan fingerprint density at radius 2 is 0.885 bits per heavy atom. The van der Waals surface area contributed by atoms with E-state index in [-0.39, 0.29) is 6.71 Å². The van der Waals surface area contributed by atoms with Crippen LogP contribution in [0.4, 0.5) is 0 Å². The van der Waals surface area contributed by atoms with Crippen molar-refractivity contribution < 1.29 is 0 Å². The second-order valence-electron chi connectivity index (χ2n) is 17.2. The van der Waals surface area contributed by atoms with Crippen LogP contribution in [0.1, 0.15) is 0 Å². The minimum Gasteiger partial charge on any atom is -0.310 e. The maximum Gasteiger partial charge on any atom is 0.252 e. The van der Waals surface area contributed by atoms with Crippen molar-refractivity contribution in [1.29, 1.82) is 0 Å². The second kappa shape index (κ2) is 11.4. The van der Waals surface area contributed by atoms with Crippen molar-refractivity contribution in [3.8, 4) is 67.0 Å². The normalized spacial score (nSPS) is 12.9. The predicted molar refractivity (Wildman–Crippen MR) is 258 cm³/mol. The van der Waals surface area contributed by atoms with Crippen LogP contribution in [0.25, 0.3) is 121 Å². The Bertz CT molecular complexity index is 3910. The summed E-state index contributed by atoms with van der Waals surface area (Å²) in [6, 6.07) is 75.4. The van der Waals surface area contributed by atoms with Crippen molar-refractivity contribution in [1.82, 2.24) is 9.13 Å². The Hall–Kier alpha value is -7.88. The molecule has 0 unspecified atom stereocenters. The Morgan fingerprint density at radius 1 is 0.311 bits per heavy atom. The highest BCUT2D eigenvalue weighted by molar-refractivity contribution is 7.00. The third-order valence-electron chi connectivity index (χ3n) is 14.2. The first-order valence-electron chi connectivity index (χ1n) is 21.4. The van der Waals surface area contributed by atoms with Crippen LogP contribution in [0.2, 0.25) is 0 Å². The monoisotopic (exact) mass is 768 g/mol. The number of aromatic nitrogens is 2. The molecular weight excluding hydrogens is 735 g/mol. The molecule has 0 N–H and O–H groups in total. The smallest absolute Gasteiger partial charge is 0.252 e. The Kier molecular flexibility index (Phi) is 6.01. The SMILES string of the molecule is c1ccc(-c2cc3c4c(c2)-n2c5ccc6cccc7c6c5c5c(ccc(c52)B4c2cc(-c4ccccc4)cc4c5cc(-c6ccccc6)ccc5n-3c24)-c2ccccc2-7)cc1. The highest BCUT2D eigenvalue weighted by Gasteiger charge is 2.42. The van der Waals surface area contributed by atoms with Gasteiger partial charge in [0.2, 0.25) is 0 Å². The first-order chi connectivity index (χ1) is 30.3. The summed E-state index contributed by atoms with van der Waals surface area (Å²) in [4.78, 5) is 0. The summed E-state index contributed by atoms with van der Waals surface area (Å²) in [6.45, 7) is 0.0153. The molecule has 0 amide bonds. The molecule has 4 heterocycles. The van der Waals surface area contributed by atoms with Gasteiger partial charge in [-0.2, -0.15) is 0 Å². The molecule has 61 heavy (non-hydrogen) atoms. The molecule has 0 radical (unpaired) electrons. The Balaban J connectivity index is 1.16. The van der Waals surface area contributed by atoms with Gasteiger partial charge in [0, 0.05) is 38.4 Å². The van der Waals surface area contributed by atoms with Crippen LogP contribution >= 0.6 is 0 Å². The van der Waals surface area contributed by atoms with Gasteiger partial charge in [0.05, 0.1) is 16.6 Å². The van der Waals surface area contributed by atoms with Gasteiger partial charge in [-0.25, -0.2) is 0 Å². The summed E-state index contributed by atoms with van der Waals surface area (Å²) in [5, 5.41) is 7.92. The van der Waals surface area contributed by atoms with Gasteiger partial charge < -0.3 is 9.13 Å². The summed E-state index contributed by atoms with van der Waals surface area (Å²) in [7, 11) is 0. The van der Waals surface area contributed by atoms with Crippen molar-refractivity contribution in [2.75, 3.05) is 0 Å². The molecular formula is C58H33BN2. The van der Waals surface area contributed by atoms with E-state index in [0.29, 0.717) is 0 Å². The van der Waals surface area contributed by atoms with Crippen LogP contribution in [-0.4, -0.2) is 15.8 Å². The largest absolute Gasteiger partial charge is 0.310 e. The third-order valence-corrected chi connectivity index (χ3v) is 14.2. The van der Waals surface area contributed by atoms with Gasteiger partial charge in [0.15, 0.2) is 0 Å². The maximum atomic E-state index is 2.65.